The molecule has 0 spiro atoms. The van der Waals surface area contributed by atoms with Gasteiger partial charge in [0.2, 0.25) is 0 Å². The fraction of sp³-hybridized carbons (Fsp3) is 0.167. The number of hydrogen-bond donors (Lipinski definition) is 1. The molecule has 1 N–H and O–H groups in total. The maximum absolute atomic E-state index is 5.84. The van der Waals surface area contributed by atoms with Crippen LogP contribution < -0.4 is 5.32 Å². The van der Waals surface area contributed by atoms with Crippen LogP contribution in [0.1, 0.15) is 10.4 Å². The normalized spacial score (nSPS) is 10.6. The smallest absolute Gasteiger partial charge is 0.0516 e. The third-order valence-electron chi connectivity index (χ3n) is 2.16. The molecule has 0 saturated heterocycles. The molecule has 1 nitrogen and oxygen atoms in total. The number of thiophene rings is 1. The second-order valence-electron chi connectivity index (χ2n) is 3.46. The van der Waals surface area contributed by atoms with Gasteiger partial charge in [0.15, 0.2) is 0 Å². The first-order valence-corrected chi connectivity index (χ1v) is 6.55. The first-order valence-electron chi connectivity index (χ1n) is 4.92. The molecule has 0 fully saturated rings. The van der Waals surface area contributed by atoms with Crippen molar-refractivity contribution in [2.75, 3.05) is 0 Å². The van der Waals surface area contributed by atoms with Gasteiger partial charge >= 0.3 is 0 Å². The van der Waals surface area contributed by atoms with Crippen molar-refractivity contribution in [2.45, 2.75) is 13.1 Å². The summed E-state index contributed by atoms with van der Waals surface area (Å²) in [6.45, 7) is 1.69. The SMILES string of the molecule is Clc1ccc(CNCc2cc(Cl)cs2)cc1. The first-order chi connectivity index (χ1) is 7.74. The van der Waals surface area contributed by atoms with Crippen molar-refractivity contribution in [2.24, 2.45) is 0 Å². The Morgan fingerprint density at radius 1 is 1.00 bits per heavy atom. The second-order valence-corrected chi connectivity index (χ2v) is 5.33. The summed E-state index contributed by atoms with van der Waals surface area (Å²) in [5.41, 5.74) is 1.23. The van der Waals surface area contributed by atoms with Crippen LogP contribution in [-0.4, -0.2) is 0 Å². The third kappa shape index (κ3) is 3.49. The van der Waals surface area contributed by atoms with Gasteiger partial charge in [-0.05, 0) is 23.8 Å². The first kappa shape index (κ1) is 11.9. The van der Waals surface area contributed by atoms with E-state index in [4.69, 9.17) is 23.2 Å². The van der Waals surface area contributed by atoms with Crippen molar-refractivity contribution in [1.82, 2.24) is 5.32 Å². The standard InChI is InChI=1S/C12H11Cl2NS/c13-10-3-1-9(2-4-10)6-15-7-12-5-11(14)8-16-12/h1-5,8,15H,6-7H2. The Labute approximate surface area is 109 Å². The van der Waals surface area contributed by atoms with Crippen molar-refractivity contribution >= 4 is 34.5 Å². The number of halogens is 2. The van der Waals surface area contributed by atoms with Gasteiger partial charge in [0.25, 0.3) is 0 Å². The summed E-state index contributed by atoms with van der Waals surface area (Å²) in [7, 11) is 0. The van der Waals surface area contributed by atoms with E-state index in [1.165, 1.54) is 10.4 Å². The van der Waals surface area contributed by atoms with E-state index in [9.17, 15) is 0 Å². The highest BCUT2D eigenvalue weighted by atomic mass is 35.5. The maximum atomic E-state index is 5.84. The van der Waals surface area contributed by atoms with Crippen LogP contribution in [0.4, 0.5) is 0 Å². The van der Waals surface area contributed by atoms with Crippen molar-refractivity contribution in [3.63, 3.8) is 0 Å². The van der Waals surface area contributed by atoms with Crippen molar-refractivity contribution < 1.29 is 0 Å². The number of benzene rings is 1. The Morgan fingerprint density at radius 3 is 2.38 bits per heavy atom. The Kier molecular flexibility index (Phi) is 4.24. The Bertz CT molecular complexity index is 450. The fourth-order valence-corrected chi connectivity index (χ4v) is 2.55. The van der Waals surface area contributed by atoms with E-state index in [0.29, 0.717) is 0 Å². The molecule has 2 rings (SSSR count). The van der Waals surface area contributed by atoms with Gasteiger partial charge in [-0.3, -0.25) is 0 Å². The zero-order valence-electron chi connectivity index (χ0n) is 8.54. The van der Waals surface area contributed by atoms with Crippen LogP contribution in [0.15, 0.2) is 35.7 Å². The molecular formula is C12H11Cl2NS. The minimum Gasteiger partial charge on any atom is -0.308 e. The van der Waals surface area contributed by atoms with Crippen LogP contribution in [0.5, 0.6) is 0 Å². The minimum absolute atomic E-state index is 0.772. The van der Waals surface area contributed by atoms with Crippen molar-refractivity contribution in [1.29, 1.82) is 0 Å². The Morgan fingerprint density at radius 2 is 1.75 bits per heavy atom. The maximum Gasteiger partial charge on any atom is 0.0516 e. The topological polar surface area (TPSA) is 12.0 Å². The molecule has 0 aliphatic heterocycles. The monoisotopic (exact) mass is 271 g/mol. The van der Waals surface area contributed by atoms with Gasteiger partial charge < -0.3 is 5.32 Å². The molecule has 0 aliphatic rings. The van der Waals surface area contributed by atoms with Crippen LogP contribution in [0, 0.1) is 0 Å². The molecule has 0 bridgehead atoms. The van der Waals surface area contributed by atoms with Gasteiger partial charge in [-0.1, -0.05) is 35.3 Å². The van der Waals surface area contributed by atoms with Gasteiger partial charge in [-0.25, -0.2) is 0 Å². The molecule has 84 valence electrons. The lowest BCUT2D eigenvalue weighted by Crippen LogP contribution is -2.11. The predicted octanol–water partition coefficient (Wildman–Crippen LogP) is 4.34. The minimum atomic E-state index is 0.772. The molecule has 0 unspecified atom stereocenters. The van der Waals surface area contributed by atoms with Gasteiger partial charge in [0.05, 0.1) is 5.02 Å². The Balaban J connectivity index is 1.82. The van der Waals surface area contributed by atoms with E-state index < -0.39 is 0 Å². The summed E-state index contributed by atoms with van der Waals surface area (Å²) in [6.07, 6.45) is 0. The van der Waals surface area contributed by atoms with Crippen LogP contribution in [-0.2, 0) is 13.1 Å². The zero-order valence-corrected chi connectivity index (χ0v) is 10.9. The quantitative estimate of drug-likeness (QED) is 0.872. The van der Waals surface area contributed by atoms with Crippen molar-refractivity contribution in [3.8, 4) is 0 Å². The van der Waals surface area contributed by atoms with Gasteiger partial charge in [0.1, 0.15) is 0 Å². The van der Waals surface area contributed by atoms with E-state index in [0.717, 1.165) is 23.1 Å². The summed E-state index contributed by atoms with van der Waals surface area (Å²) in [5, 5.41) is 6.89. The number of nitrogens with one attached hydrogen (secondary N) is 1. The lowest BCUT2D eigenvalue weighted by Gasteiger charge is -2.03. The van der Waals surface area contributed by atoms with Gasteiger partial charge in [-0.2, -0.15) is 0 Å². The molecule has 0 radical (unpaired) electrons. The third-order valence-corrected chi connectivity index (χ3v) is 3.70. The van der Waals surface area contributed by atoms with E-state index in [-0.39, 0.29) is 0 Å². The van der Waals surface area contributed by atoms with Gasteiger partial charge in [0, 0.05) is 28.4 Å². The zero-order chi connectivity index (χ0) is 11.4. The molecular weight excluding hydrogens is 261 g/mol. The average Bonchev–Trinajstić information content (AvgIpc) is 2.67. The summed E-state index contributed by atoms with van der Waals surface area (Å²) in [6, 6.07) is 9.84. The summed E-state index contributed by atoms with van der Waals surface area (Å²) in [5.74, 6) is 0. The highest BCUT2D eigenvalue weighted by molar-refractivity contribution is 7.10. The van der Waals surface area contributed by atoms with E-state index >= 15 is 0 Å². The highest BCUT2D eigenvalue weighted by Crippen LogP contribution is 2.18. The largest absolute Gasteiger partial charge is 0.308 e. The Hall–Kier alpha value is -0.540. The summed E-state index contributed by atoms with van der Waals surface area (Å²) < 4.78 is 0. The van der Waals surface area contributed by atoms with Crippen LogP contribution in [0.2, 0.25) is 10.0 Å². The number of rotatable bonds is 4. The van der Waals surface area contributed by atoms with Crippen molar-refractivity contribution in [3.05, 3.63) is 56.2 Å². The lowest BCUT2D eigenvalue weighted by molar-refractivity contribution is 0.701. The molecule has 16 heavy (non-hydrogen) atoms. The second kappa shape index (κ2) is 5.69. The van der Waals surface area contributed by atoms with E-state index in [1.54, 1.807) is 11.3 Å². The average molecular weight is 272 g/mol. The van der Waals surface area contributed by atoms with E-state index in [2.05, 4.69) is 5.32 Å². The summed E-state index contributed by atoms with van der Waals surface area (Å²) >= 11 is 13.3. The van der Waals surface area contributed by atoms with Crippen LogP contribution in [0.3, 0.4) is 0 Å². The molecule has 1 heterocycles. The fourth-order valence-electron chi connectivity index (χ4n) is 1.38. The van der Waals surface area contributed by atoms with Gasteiger partial charge in [-0.15, -0.1) is 11.3 Å². The molecule has 1 aromatic heterocycles. The molecule has 4 heteroatoms. The number of hydrogen-bond acceptors (Lipinski definition) is 2. The van der Waals surface area contributed by atoms with Crippen LogP contribution in [0.25, 0.3) is 0 Å². The molecule has 0 amide bonds. The predicted molar refractivity (Wildman–Crippen MR) is 71.3 cm³/mol. The molecule has 0 saturated carbocycles. The molecule has 1 aromatic carbocycles. The molecule has 0 aliphatic carbocycles. The molecule has 0 atom stereocenters. The highest BCUT2D eigenvalue weighted by Gasteiger charge is 1.97. The molecule has 2 aromatic rings. The summed E-state index contributed by atoms with van der Waals surface area (Å²) in [4.78, 5) is 1.25. The lowest BCUT2D eigenvalue weighted by atomic mass is 10.2. The van der Waals surface area contributed by atoms with Crippen LogP contribution >= 0.6 is 34.5 Å². The van der Waals surface area contributed by atoms with E-state index in [1.807, 2.05) is 35.7 Å².